The molecule has 79 heavy (non-hydrogen) atoms. The van der Waals surface area contributed by atoms with E-state index in [9.17, 15) is 84.5 Å². The molecule has 6 atom stereocenters. The minimum atomic E-state index is -5.77. The van der Waals surface area contributed by atoms with Crippen LogP contribution >= 0.6 is 0 Å². The fourth-order valence-corrected chi connectivity index (χ4v) is 9.42. The first-order chi connectivity index (χ1) is 33.7. The first-order valence-electron chi connectivity index (χ1n) is 21.2. The smallest absolute Gasteiger partial charge is 0.462 e. The summed E-state index contributed by atoms with van der Waals surface area (Å²) in [5, 5.41) is -7.79. The molecule has 0 spiro atoms. The van der Waals surface area contributed by atoms with Crippen molar-refractivity contribution in [2.75, 3.05) is 38.8 Å². The summed E-state index contributed by atoms with van der Waals surface area (Å²) >= 11 is 0. The molecule has 0 radical (unpaired) electrons. The van der Waals surface area contributed by atoms with E-state index < -0.39 is 183 Å². The largest absolute Gasteiger partial charge is 2.00 e. The topological polar surface area (TPSA) is 408 Å². The van der Waals surface area contributed by atoms with Gasteiger partial charge in [0.25, 0.3) is 40.5 Å². The van der Waals surface area contributed by atoms with Crippen molar-refractivity contribution in [3.63, 3.8) is 0 Å². The van der Waals surface area contributed by atoms with Gasteiger partial charge >= 0.3 is 232 Å². The van der Waals surface area contributed by atoms with Gasteiger partial charge in [0.2, 0.25) is 0 Å². The molecule has 0 fully saturated rings. The predicted octanol–water partition coefficient (Wildman–Crippen LogP) is -9.87. The Morgan fingerprint density at radius 3 is 1.08 bits per heavy atom. The van der Waals surface area contributed by atoms with E-state index in [4.69, 9.17) is 27.9 Å². The fourth-order valence-electron chi connectivity index (χ4n) is 5.22. The van der Waals surface area contributed by atoms with E-state index in [0.29, 0.717) is 12.0 Å². The van der Waals surface area contributed by atoms with Crippen LogP contribution in [0.5, 0.6) is 0 Å². The van der Waals surface area contributed by atoms with Crippen molar-refractivity contribution in [1.82, 2.24) is 0 Å². The van der Waals surface area contributed by atoms with Crippen LogP contribution in [0.1, 0.15) is 80.1 Å². The summed E-state index contributed by atoms with van der Waals surface area (Å²) in [5.74, 6) is -7.71. The Labute approximate surface area is 619 Å². The third kappa shape index (κ3) is 43.4. The molecule has 0 aliphatic carbocycles. The molecular weight excluding hydrogens is 1290 g/mol. The van der Waals surface area contributed by atoms with E-state index in [-0.39, 0.29) is 233 Å². The van der Waals surface area contributed by atoms with Gasteiger partial charge in [-0.1, -0.05) is 39.5 Å². The van der Waals surface area contributed by atoms with Crippen LogP contribution in [0.4, 0.5) is 0 Å². The van der Waals surface area contributed by atoms with Crippen molar-refractivity contribution in [3.8, 4) is 0 Å². The fraction of sp³-hybridized carbons (Fsp3) is 0.571. The molecule has 0 heterocycles. The second-order valence-electron chi connectivity index (χ2n) is 15.9. The maximum atomic E-state index is 13.1. The Balaban J connectivity index is -0.000000506. The van der Waals surface area contributed by atoms with Crippen LogP contribution in [-0.4, -0.2) is 194 Å². The van der Waals surface area contributed by atoms with Crippen molar-refractivity contribution >= 4 is 125 Å². The maximum absolute atomic E-state index is 13.1. The zero-order valence-corrected chi connectivity index (χ0v) is 62.4. The van der Waals surface area contributed by atoms with E-state index in [1.165, 1.54) is 20.8 Å². The number of carbonyl (C=O) groups is 6. The minimum absolute atomic E-state index is 0. The van der Waals surface area contributed by atoms with Crippen molar-refractivity contribution in [2.45, 2.75) is 114 Å². The molecule has 0 saturated carbocycles. The van der Waals surface area contributed by atoms with Crippen LogP contribution in [0.15, 0.2) is 72.9 Å². The quantitative estimate of drug-likeness (QED) is 0.00775. The standard InChI is InChI=1S/C35H52O22S4.C7H11O5S.Ca.K.Li.Na.Rb/c1-20(2)31(36)52-14-11-15-54-58(41,42)17-13-25(55-33(38)22(5)6)29(60(46,47)48)19-27(57-35(40)24(9)10)30(61(49,50)51)18-26(56-34(39)23(7)8)28(59(43,44)45)12-16-53-32(37)21(3)4;1-6(2)7(8)11-4-3-5-12-13(9)10;;;;;/h25-30H,1,3,5,7,9,11-19H2,2,4,6,8,10H3,(H,43,44,45)(H,46,47,48)(H,49,50,51);1,3-5H2,2H3;;;;;/q;-1;+2;4*+1. The first kappa shape index (κ1) is 93.8. The molecule has 424 valence electrons. The summed E-state index contributed by atoms with van der Waals surface area (Å²) < 4.78 is 193. The minimum Gasteiger partial charge on any atom is -0.462 e. The van der Waals surface area contributed by atoms with Crippen molar-refractivity contribution in [3.05, 3.63) is 72.9 Å². The maximum Gasteiger partial charge on any atom is 2.00 e. The molecule has 0 amide bonds. The summed E-state index contributed by atoms with van der Waals surface area (Å²) in [6, 6.07) is 0. The van der Waals surface area contributed by atoms with E-state index in [0.717, 1.165) is 20.8 Å². The summed E-state index contributed by atoms with van der Waals surface area (Å²) in [7, 11) is -24.0. The molecule has 0 aromatic carbocycles. The van der Waals surface area contributed by atoms with Crippen molar-refractivity contribution < 1.29 is 279 Å². The van der Waals surface area contributed by atoms with Crippen LogP contribution in [-0.2, 0) is 125 Å². The predicted molar refractivity (Wildman–Crippen MR) is 265 cm³/mol. The van der Waals surface area contributed by atoms with Gasteiger partial charge in [0.15, 0.2) is 0 Å². The van der Waals surface area contributed by atoms with Gasteiger partial charge in [-0.15, -0.1) is 0 Å². The number of hydrogen-bond acceptors (Lipinski definition) is 25. The zero-order valence-electron chi connectivity index (χ0n) is 46.1. The molecule has 0 aromatic heterocycles. The Hall–Kier alpha value is 1.11. The number of rotatable bonds is 35. The molecule has 0 rings (SSSR count). The van der Waals surface area contributed by atoms with Gasteiger partial charge in [0.1, 0.15) is 34.1 Å². The second kappa shape index (κ2) is 46.3. The van der Waals surface area contributed by atoms with Gasteiger partial charge in [-0.2, -0.15) is 33.7 Å². The molecule has 0 saturated heterocycles. The van der Waals surface area contributed by atoms with Crippen LogP contribution in [0.2, 0.25) is 0 Å². The van der Waals surface area contributed by atoms with Crippen LogP contribution < -0.4 is 158 Å². The Morgan fingerprint density at radius 2 is 0.759 bits per heavy atom. The van der Waals surface area contributed by atoms with E-state index in [1.807, 2.05) is 0 Å². The Morgan fingerprint density at radius 1 is 0.468 bits per heavy atom. The van der Waals surface area contributed by atoms with Gasteiger partial charge in [-0.05, 0) is 41.5 Å². The van der Waals surface area contributed by atoms with Crippen molar-refractivity contribution in [2.24, 2.45) is 0 Å². The normalized spacial score (nSPS) is 13.2. The molecule has 0 aliphatic rings. The summed E-state index contributed by atoms with van der Waals surface area (Å²) in [4.78, 5) is 72.6. The second-order valence-corrected chi connectivity index (χ2v) is 23.3. The van der Waals surface area contributed by atoms with Gasteiger partial charge in [0, 0.05) is 78.6 Å². The molecule has 37 heteroatoms. The first-order valence-corrected chi connectivity index (χ1v) is 28.3. The molecule has 0 bridgehead atoms. The van der Waals surface area contributed by atoms with E-state index in [1.54, 1.807) is 0 Å². The van der Waals surface area contributed by atoms with Gasteiger partial charge in [-0.25, -0.2) is 28.8 Å². The molecule has 0 aliphatic heterocycles. The number of carbonyl (C=O) groups excluding carboxylic acids is 6. The summed E-state index contributed by atoms with van der Waals surface area (Å²) in [6.45, 7) is 25.8. The van der Waals surface area contributed by atoms with Crippen LogP contribution in [0, 0.1) is 0 Å². The monoisotopic (exact) mass is 1350 g/mol. The Bertz CT molecular complexity index is 2660. The molecule has 27 nitrogen and oxygen atoms in total. The van der Waals surface area contributed by atoms with Gasteiger partial charge in [0.05, 0.1) is 43.2 Å². The number of ether oxygens (including phenoxy) is 6. The zero-order chi connectivity index (χ0) is 58.1. The van der Waals surface area contributed by atoms with E-state index in [2.05, 4.69) is 48.4 Å². The van der Waals surface area contributed by atoms with Gasteiger partial charge < -0.3 is 41.0 Å². The summed E-state index contributed by atoms with van der Waals surface area (Å²) in [6.07, 6.45) is -12.0. The Kier molecular flexibility index (Phi) is 55.0. The number of hydrogen-bond donors (Lipinski definition) is 3. The van der Waals surface area contributed by atoms with Crippen LogP contribution in [0.25, 0.3) is 0 Å². The number of esters is 6. The van der Waals surface area contributed by atoms with Gasteiger partial charge in [-0.3, -0.25) is 17.8 Å². The van der Waals surface area contributed by atoms with Crippen LogP contribution in [0.3, 0.4) is 0 Å². The van der Waals surface area contributed by atoms with E-state index >= 15 is 0 Å². The molecule has 6 unspecified atom stereocenters. The molecular formula is C42H63CaKLiNaO27RbS5+5. The average Bonchev–Trinajstić information content (AvgIpc) is 3.24. The SMILES string of the molecule is C=C(C)C(=O)OCCCOS(=O)(=O)CCC(OC(=O)C(=C)C)C(CC(OC(=O)C(=C)C)C(CC(OC(=O)C(=C)C)C(CCOC(=O)C(=C)C)S(=O)(=O)O)S(=O)(=O)O)S(=O)(=O)O.C=C(C)C(=O)OCCCO[S-](=O)=O.[Ca+2].[K+].[Li+].[Na+].[Rb+]. The molecule has 0 aromatic rings. The molecule has 3 N–H and O–H groups in total. The van der Waals surface area contributed by atoms with Crippen molar-refractivity contribution in [1.29, 1.82) is 0 Å². The average molecular weight is 1350 g/mol. The summed E-state index contributed by atoms with van der Waals surface area (Å²) in [5.41, 5.74) is -1.06. The third-order valence-corrected chi connectivity index (χ3v) is 14.4. The third-order valence-electron chi connectivity index (χ3n) is 8.96.